The third kappa shape index (κ3) is 4.34. The lowest BCUT2D eigenvalue weighted by atomic mass is 9.81. The van der Waals surface area contributed by atoms with E-state index in [2.05, 4.69) is 10.9 Å². The molecule has 1 saturated heterocycles. The van der Waals surface area contributed by atoms with E-state index in [4.69, 9.17) is 16.3 Å². The third-order valence-electron chi connectivity index (χ3n) is 6.88. The minimum Gasteiger partial charge on any atom is -0.454 e. The summed E-state index contributed by atoms with van der Waals surface area (Å²) in [6.45, 7) is 2.78. The van der Waals surface area contributed by atoms with Crippen LogP contribution in [-0.4, -0.2) is 47.1 Å². The van der Waals surface area contributed by atoms with Gasteiger partial charge in [-0.1, -0.05) is 25.4 Å². The summed E-state index contributed by atoms with van der Waals surface area (Å²) in [7, 11) is 0. The van der Waals surface area contributed by atoms with Crippen LogP contribution in [0.1, 0.15) is 43.5 Å². The molecule has 0 spiro atoms. The van der Waals surface area contributed by atoms with Crippen LogP contribution in [0.15, 0.2) is 24.3 Å². The molecular formula is C23H26ClN3O6. The molecule has 1 aromatic carbocycles. The Morgan fingerprint density at radius 3 is 2.15 bits per heavy atom. The molecule has 33 heavy (non-hydrogen) atoms. The average Bonchev–Trinajstić information content (AvgIpc) is 3.46. The van der Waals surface area contributed by atoms with Crippen molar-refractivity contribution in [2.75, 3.05) is 6.61 Å². The van der Waals surface area contributed by atoms with Crippen molar-refractivity contribution in [3.05, 3.63) is 34.9 Å². The molecular weight excluding hydrogens is 450 g/mol. The number of fused-ring (bicyclic) bond motifs is 5. The van der Waals surface area contributed by atoms with E-state index in [-0.39, 0.29) is 47.0 Å². The van der Waals surface area contributed by atoms with Crippen LogP contribution < -0.4 is 10.9 Å². The van der Waals surface area contributed by atoms with Crippen molar-refractivity contribution in [3.63, 3.8) is 0 Å². The lowest BCUT2D eigenvalue weighted by Gasteiger charge is -2.28. The zero-order chi connectivity index (χ0) is 23.9. The lowest BCUT2D eigenvalue weighted by Crippen LogP contribution is -2.50. The number of hydrogen-bond donors (Lipinski definition) is 2. The number of ether oxygens (including phenoxy) is 1. The number of likely N-dealkylation sites (tertiary alicyclic amines) is 1. The topological polar surface area (TPSA) is 122 Å². The molecule has 2 bridgehead atoms. The minimum atomic E-state index is -1.09. The highest BCUT2D eigenvalue weighted by Crippen LogP contribution is 2.56. The summed E-state index contributed by atoms with van der Waals surface area (Å²) < 4.78 is 5.12. The van der Waals surface area contributed by atoms with Crippen LogP contribution in [0.25, 0.3) is 0 Å². The molecule has 5 atom stereocenters. The molecule has 1 aliphatic heterocycles. The van der Waals surface area contributed by atoms with Gasteiger partial charge in [-0.2, -0.15) is 0 Å². The molecule has 2 saturated carbocycles. The molecule has 3 fully saturated rings. The number of benzene rings is 1. The summed E-state index contributed by atoms with van der Waals surface area (Å²) in [5.74, 6) is -3.38. The molecule has 4 rings (SSSR count). The summed E-state index contributed by atoms with van der Waals surface area (Å²) in [6, 6.07) is 4.96. The molecule has 1 heterocycles. The highest BCUT2D eigenvalue weighted by Gasteiger charge is 2.62. The summed E-state index contributed by atoms with van der Waals surface area (Å²) in [6.07, 6.45) is 2.79. The molecule has 0 unspecified atom stereocenters. The Kier molecular flexibility index (Phi) is 6.43. The number of hydrazine groups is 1. The van der Waals surface area contributed by atoms with Crippen molar-refractivity contribution in [3.8, 4) is 0 Å². The Bertz CT molecular complexity index is 966. The predicted octanol–water partition coefficient (Wildman–Crippen LogP) is 1.70. The van der Waals surface area contributed by atoms with Crippen molar-refractivity contribution in [2.45, 2.75) is 39.2 Å². The molecule has 0 radical (unpaired) electrons. The number of halogens is 1. The Balaban J connectivity index is 1.33. The van der Waals surface area contributed by atoms with Gasteiger partial charge in [-0.3, -0.25) is 34.9 Å². The Labute approximate surface area is 196 Å². The summed E-state index contributed by atoms with van der Waals surface area (Å²) in [4.78, 5) is 64.1. The van der Waals surface area contributed by atoms with Crippen LogP contribution in [0.3, 0.4) is 0 Å². The first kappa shape index (κ1) is 23.2. The average molecular weight is 476 g/mol. The normalized spacial score (nSPS) is 26.4. The largest absolute Gasteiger partial charge is 0.454 e. The van der Waals surface area contributed by atoms with Gasteiger partial charge in [0.25, 0.3) is 11.8 Å². The number of nitrogens with zero attached hydrogens (tertiary/aromatic N) is 1. The first-order valence-electron chi connectivity index (χ1n) is 11.1. The number of amides is 4. The highest BCUT2D eigenvalue weighted by molar-refractivity contribution is 6.30. The Morgan fingerprint density at radius 2 is 1.61 bits per heavy atom. The van der Waals surface area contributed by atoms with Crippen molar-refractivity contribution >= 4 is 41.2 Å². The van der Waals surface area contributed by atoms with Gasteiger partial charge < -0.3 is 4.74 Å². The number of nitrogens with one attached hydrogen (secondary N) is 2. The summed E-state index contributed by atoms with van der Waals surface area (Å²) >= 11 is 5.78. The number of rotatable bonds is 6. The molecule has 2 N–H and O–H groups in total. The smallest absolute Gasteiger partial charge is 0.330 e. The highest BCUT2D eigenvalue weighted by atomic mass is 35.5. The van der Waals surface area contributed by atoms with Gasteiger partial charge >= 0.3 is 5.97 Å². The molecule has 2 aliphatic carbocycles. The molecule has 1 aromatic rings. The molecule has 9 nitrogen and oxygen atoms in total. The number of carbonyl (C=O) groups is 5. The monoisotopic (exact) mass is 475 g/mol. The minimum absolute atomic E-state index is 0.209. The molecule has 4 amide bonds. The number of imide groups is 1. The SMILES string of the molecule is CC(C)[C@H](C(=O)OCC(=O)NNC(=O)c1ccc(Cl)cc1)N1C(=O)[C@@H]2[C@H]3CC[C@@H](C3)[C@H]2C1=O. The summed E-state index contributed by atoms with van der Waals surface area (Å²) in [5.41, 5.74) is 4.66. The van der Waals surface area contributed by atoms with Crippen LogP contribution in [0.2, 0.25) is 5.02 Å². The van der Waals surface area contributed by atoms with Gasteiger partial charge in [0.15, 0.2) is 6.61 Å². The molecule has 0 aromatic heterocycles. The van der Waals surface area contributed by atoms with Gasteiger partial charge in [0.2, 0.25) is 11.8 Å². The lowest BCUT2D eigenvalue weighted by molar-refractivity contribution is -0.162. The van der Waals surface area contributed by atoms with E-state index in [9.17, 15) is 24.0 Å². The molecule has 176 valence electrons. The van der Waals surface area contributed by atoms with Gasteiger partial charge in [-0.15, -0.1) is 0 Å². The quantitative estimate of drug-likeness (QED) is 0.367. The molecule has 10 heteroatoms. The number of hydrogen-bond acceptors (Lipinski definition) is 6. The van der Waals surface area contributed by atoms with Crippen molar-refractivity contribution in [2.24, 2.45) is 29.6 Å². The first-order chi connectivity index (χ1) is 15.7. The zero-order valence-electron chi connectivity index (χ0n) is 18.4. The van der Waals surface area contributed by atoms with E-state index in [0.29, 0.717) is 5.02 Å². The molecule has 3 aliphatic rings. The fourth-order valence-electron chi connectivity index (χ4n) is 5.44. The second-order valence-electron chi connectivity index (χ2n) is 9.24. The van der Waals surface area contributed by atoms with Crippen LogP contribution in [-0.2, 0) is 23.9 Å². The van der Waals surface area contributed by atoms with E-state index in [0.717, 1.165) is 24.2 Å². The van der Waals surface area contributed by atoms with Gasteiger partial charge in [-0.05, 0) is 61.3 Å². The van der Waals surface area contributed by atoms with Gasteiger partial charge in [0.05, 0.1) is 11.8 Å². The van der Waals surface area contributed by atoms with Crippen LogP contribution in [0.4, 0.5) is 0 Å². The third-order valence-corrected chi connectivity index (χ3v) is 7.13. The Morgan fingerprint density at radius 1 is 1.03 bits per heavy atom. The van der Waals surface area contributed by atoms with Crippen LogP contribution in [0.5, 0.6) is 0 Å². The van der Waals surface area contributed by atoms with Gasteiger partial charge in [0.1, 0.15) is 6.04 Å². The van der Waals surface area contributed by atoms with Gasteiger partial charge in [0, 0.05) is 10.6 Å². The van der Waals surface area contributed by atoms with E-state index in [1.807, 2.05) is 0 Å². The standard InChI is InChI=1S/C23H26ClN3O6/c1-11(2)19(27-21(30)17-13-3-4-14(9-13)18(17)22(27)31)23(32)33-10-16(28)25-26-20(29)12-5-7-15(24)8-6-12/h5-8,11,13-14,17-19H,3-4,9-10H2,1-2H3,(H,25,28)(H,26,29)/t13-,14-,17+,18+,19+/m0/s1. The van der Waals surface area contributed by atoms with Gasteiger partial charge in [-0.25, -0.2) is 4.79 Å². The maximum atomic E-state index is 13.1. The van der Waals surface area contributed by atoms with E-state index >= 15 is 0 Å². The summed E-state index contributed by atoms with van der Waals surface area (Å²) in [5, 5.41) is 0.466. The number of esters is 1. The fraction of sp³-hybridized carbons (Fsp3) is 0.522. The van der Waals surface area contributed by atoms with Crippen molar-refractivity contribution in [1.82, 2.24) is 15.8 Å². The van der Waals surface area contributed by atoms with E-state index in [1.54, 1.807) is 13.8 Å². The number of carbonyl (C=O) groups excluding carboxylic acids is 5. The van der Waals surface area contributed by atoms with E-state index in [1.165, 1.54) is 24.3 Å². The fourth-order valence-corrected chi connectivity index (χ4v) is 5.57. The van der Waals surface area contributed by atoms with Crippen molar-refractivity contribution in [1.29, 1.82) is 0 Å². The first-order valence-corrected chi connectivity index (χ1v) is 11.4. The maximum Gasteiger partial charge on any atom is 0.330 e. The van der Waals surface area contributed by atoms with Crippen LogP contribution in [0, 0.1) is 29.6 Å². The zero-order valence-corrected chi connectivity index (χ0v) is 19.1. The van der Waals surface area contributed by atoms with Crippen molar-refractivity contribution < 1.29 is 28.7 Å². The second-order valence-corrected chi connectivity index (χ2v) is 9.67. The predicted molar refractivity (Wildman–Crippen MR) is 116 cm³/mol. The maximum absolute atomic E-state index is 13.1. The Hall–Kier alpha value is -2.94. The van der Waals surface area contributed by atoms with E-state index < -0.39 is 30.4 Å². The van der Waals surface area contributed by atoms with Crippen LogP contribution >= 0.6 is 11.6 Å². The second kappa shape index (κ2) is 9.13.